The minimum absolute atomic E-state index is 0.161. The predicted molar refractivity (Wildman–Crippen MR) is 79.4 cm³/mol. The van der Waals surface area contributed by atoms with E-state index in [4.69, 9.17) is 10.4 Å². The molecule has 0 bridgehead atoms. The summed E-state index contributed by atoms with van der Waals surface area (Å²) >= 11 is 0. The zero-order valence-corrected chi connectivity index (χ0v) is 12.4. The van der Waals surface area contributed by atoms with E-state index in [2.05, 4.69) is 19.2 Å². The van der Waals surface area contributed by atoms with E-state index in [0.29, 0.717) is 30.1 Å². The first-order valence-electron chi connectivity index (χ1n) is 7.09. The minimum atomic E-state index is -0.785. The van der Waals surface area contributed by atoms with Crippen LogP contribution in [0.5, 0.6) is 0 Å². The molecule has 1 aromatic rings. The van der Waals surface area contributed by atoms with E-state index in [0.717, 1.165) is 6.42 Å². The number of nitriles is 1. The van der Waals surface area contributed by atoms with Gasteiger partial charge in [-0.25, -0.2) is 4.39 Å². The highest BCUT2D eigenvalue weighted by atomic mass is 19.1. The van der Waals surface area contributed by atoms with Gasteiger partial charge in [0.05, 0.1) is 17.3 Å². The summed E-state index contributed by atoms with van der Waals surface area (Å²) in [6, 6.07) is 6.21. The van der Waals surface area contributed by atoms with Gasteiger partial charge in [-0.2, -0.15) is 5.26 Å². The molecule has 0 saturated carbocycles. The molecule has 0 aliphatic rings. The molecule has 0 fully saturated rings. The lowest BCUT2D eigenvalue weighted by Gasteiger charge is -2.20. The number of nitrogens with one attached hydrogen (secondary N) is 1. The SMILES string of the molecule is CC(C)C(CCNc1ccc(C#N)cc1F)CCC(=O)O. The molecule has 1 unspecified atom stereocenters. The molecule has 21 heavy (non-hydrogen) atoms. The monoisotopic (exact) mass is 292 g/mol. The molecule has 0 saturated heterocycles. The van der Waals surface area contributed by atoms with Gasteiger partial charge in [-0.1, -0.05) is 13.8 Å². The molecule has 0 radical (unpaired) electrons. The molecule has 2 N–H and O–H groups in total. The smallest absolute Gasteiger partial charge is 0.303 e. The maximum Gasteiger partial charge on any atom is 0.303 e. The highest BCUT2D eigenvalue weighted by Crippen LogP contribution is 2.22. The van der Waals surface area contributed by atoms with Gasteiger partial charge in [-0.05, 0) is 42.9 Å². The largest absolute Gasteiger partial charge is 0.481 e. The van der Waals surface area contributed by atoms with Gasteiger partial charge in [-0.15, -0.1) is 0 Å². The van der Waals surface area contributed by atoms with Gasteiger partial charge in [0, 0.05) is 13.0 Å². The van der Waals surface area contributed by atoms with Gasteiger partial charge < -0.3 is 10.4 Å². The summed E-state index contributed by atoms with van der Waals surface area (Å²) in [5.41, 5.74) is 0.661. The van der Waals surface area contributed by atoms with Crippen molar-refractivity contribution in [2.75, 3.05) is 11.9 Å². The first kappa shape index (κ1) is 17.0. The second kappa shape index (κ2) is 8.25. The molecule has 0 aromatic heterocycles. The van der Waals surface area contributed by atoms with Crippen LogP contribution >= 0.6 is 0 Å². The van der Waals surface area contributed by atoms with Crippen LogP contribution in [0.25, 0.3) is 0 Å². The summed E-state index contributed by atoms with van der Waals surface area (Å²) < 4.78 is 13.7. The van der Waals surface area contributed by atoms with Crippen molar-refractivity contribution >= 4 is 11.7 Å². The van der Waals surface area contributed by atoms with Gasteiger partial charge in [0.2, 0.25) is 0 Å². The van der Waals surface area contributed by atoms with E-state index < -0.39 is 11.8 Å². The maximum atomic E-state index is 13.7. The number of hydrogen-bond donors (Lipinski definition) is 2. The van der Waals surface area contributed by atoms with E-state index >= 15 is 0 Å². The van der Waals surface area contributed by atoms with Crippen LogP contribution < -0.4 is 5.32 Å². The molecule has 0 heterocycles. The molecule has 0 amide bonds. The van der Waals surface area contributed by atoms with E-state index in [1.54, 1.807) is 12.1 Å². The summed E-state index contributed by atoms with van der Waals surface area (Å²) in [6.07, 6.45) is 1.57. The lowest BCUT2D eigenvalue weighted by molar-refractivity contribution is -0.137. The molecule has 1 aromatic carbocycles. The van der Waals surface area contributed by atoms with Gasteiger partial charge >= 0.3 is 5.97 Å². The Kier molecular flexibility index (Phi) is 6.67. The maximum absolute atomic E-state index is 13.7. The van der Waals surface area contributed by atoms with Crippen LogP contribution in [0, 0.1) is 29.0 Å². The molecule has 114 valence electrons. The van der Waals surface area contributed by atoms with Crippen molar-refractivity contribution in [1.82, 2.24) is 0 Å². The average Bonchev–Trinajstić information content (AvgIpc) is 2.43. The molecule has 4 nitrogen and oxygen atoms in total. The van der Waals surface area contributed by atoms with Crippen molar-refractivity contribution < 1.29 is 14.3 Å². The van der Waals surface area contributed by atoms with Crippen molar-refractivity contribution in [3.05, 3.63) is 29.6 Å². The third-order valence-corrected chi connectivity index (χ3v) is 3.60. The first-order valence-corrected chi connectivity index (χ1v) is 7.09. The van der Waals surface area contributed by atoms with Crippen molar-refractivity contribution in [2.45, 2.75) is 33.1 Å². The highest BCUT2D eigenvalue weighted by molar-refractivity contribution is 5.66. The van der Waals surface area contributed by atoms with Crippen molar-refractivity contribution in [3.63, 3.8) is 0 Å². The number of carboxylic acid groups (broad SMARTS) is 1. The Labute approximate surface area is 124 Å². The Hall–Kier alpha value is -2.09. The first-order chi connectivity index (χ1) is 9.93. The second-order valence-corrected chi connectivity index (χ2v) is 5.46. The molecule has 1 atom stereocenters. The quantitative estimate of drug-likeness (QED) is 0.767. The normalized spacial score (nSPS) is 12.0. The summed E-state index contributed by atoms with van der Waals surface area (Å²) in [7, 11) is 0. The van der Waals surface area contributed by atoms with Gasteiger partial charge in [0.15, 0.2) is 0 Å². The highest BCUT2D eigenvalue weighted by Gasteiger charge is 2.15. The van der Waals surface area contributed by atoms with E-state index in [9.17, 15) is 9.18 Å². The summed E-state index contributed by atoms with van der Waals surface area (Å²) in [4.78, 5) is 10.6. The van der Waals surface area contributed by atoms with E-state index in [1.807, 2.05) is 6.07 Å². The third-order valence-electron chi connectivity index (χ3n) is 3.60. The number of carbonyl (C=O) groups is 1. The fourth-order valence-electron chi connectivity index (χ4n) is 2.24. The van der Waals surface area contributed by atoms with Crippen molar-refractivity contribution in [1.29, 1.82) is 5.26 Å². The fourth-order valence-corrected chi connectivity index (χ4v) is 2.24. The molecule has 0 aliphatic carbocycles. The third kappa shape index (κ3) is 5.82. The summed E-state index contributed by atoms with van der Waals surface area (Å²) in [5, 5.41) is 20.4. The van der Waals surface area contributed by atoms with Crippen molar-refractivity contribution in [2.24, 2.45) is 11.8 Å². The zero-order valence-electron chi connectivity index (χ0n) is 12.4. The number of nitrogens with zero attached hydrogens (tertiary/aromatic N) is 1. The Morgan fingerprint density at radius 2 is 2.14 bits per heavy atom. The van der Waals surface area contributed by atoms with Crippen LogP contribution in [0.2, 0.25) is 0 Å². The molecule has 1 rings (SSSR count). The Morgan fingerprint density at radius 1 is 1.43 bits per heavy atom. The van der Waals surface area contributed by atoms with Gasteiger partial charge in [-0.3, -0.25) is 4.79 Å². The average molecular weight is 292 g/mol. The summed E-state index contributed by atoms with van der Waals surface area (Å²) in [5.74, 6) is -0.556. The van der Waals surface area contributed by atoms with Crippen LogP contribution in [0.3, 0.4) is 0 Å². The standard InChI is InChI=1S/C16H21FN2O2/c1-11(2)13(4-6-16(20)21)7-8-19-15-5-3-12(10-18)9-14(15)17/h3,5,9,11,13,19H,4,6-8H2,1-2H3,(H,20,21). The zero-order chi connectivity index (χ0) is 15.8. The predicted octanol–water partition coefficient (Wildman–Crippen LogP) is 3.64. The molecular formula is C16H21FN2O2. The lowest BCUT2D eigenvalue weighted by Crippen LogP contribution is -2.16. The fraction of sp³-hybridized carbons (Fsp3) is 0.500. The van der Waals surface area contributed by atoms with Crippen molar-refractivity contribution in [3.8, 4) is 6.07 Å². The van der Waals surface area contributed by atoms with Gasteiger partial charge in [0.25, 0.3) is 0 Å². The molecule has 5 heteroatoms. The van der Waals surface area contributed by atoms with Crippen LogP contribution in [-0.2, 0) is 4.79 Å². The van der Waals surface area contributed by atoms with E-state index in [1.165, 1.54) is 6.07 Å². The Bertz CT molecular complexity index is 523. The van der Waals surface area contributed by atoms with Crippen LogP contribution in [0.15, 0.2) is 18.2 Å². The number of hydrogen-bond acceptors (Lipinski definition) is 3. The molecular weight excluding hydrogens is 271 g/mol. The number of anilines is 1. The topological polar surface area (TPSA) is 73.1 Å². The Morgan fingerprint density at radius 3 is 2.67 bits per heavy atom. The van der Waals surface area contributed by atoms with Gasteiger partial charge in [0.1, 0.15) is 5.82 Å². The second-order valence-electron chi connectivity index (χ2n) is 5.46. The Balaban J connectivity index is 2.50. The summed E-state index contributed by atoms with van der Waals surface area (Å²) in [6.45, 7) is 4.70. The molecule has 0 aliphatic heterocycles. The number of carboxylic acids is 1. The van der Waals surface area contributed by atoms with E-state index in [-0.39, 0.29) is 12.3 Å². The van der Waals surface area contributed by atoms with Crippen LogP contribution in [0.4, 0.5) is 10.1 Å². The van der Waals surface area contributed by atoms with Crippen LogP contribution in [-0.4, -0.2) is 17.6 Å². The van der Waals surface area contributed by atoms with Crippen LogP contribution in [0.1, 0.15) is 38.7 Å². The number of benzene rings is 1. The number of rotatable bonds is 8. The minimum Gasteiger partial charge on any atom is -0.481 e. The lowest BCUT2D eigenvalue weighted by atomic mass is 9.88. The number of aliphatic carboxylic acids is 1. The molecule has 0 spiro atoms. The number of halogens is 1.